The summed E-state index contributed by atoms with van der Waals surface area (Å²) in [6, 6.07) is 12.3. The molecule has 198 valence electrons. The molecule has 4 rings (SSSR count). The third-order valence-electron chi connectivity index (χ3n) is 6.90. The number of amides is 1. The Bertz CT molecular complexity index is 1160. The van der Waals surface area contributed by atoms with E-state index < -0.39 is 17.7 Å². The molecular weight excluding hydrogens is 536 g/mol. The zero-order valence-electron chi connectivity index (χ0n) is 21.5. The number of ether oxygens (including phenoxy) is 2. The molecule has 2 aliphatic heterocycles. The number of carbonyl (C=O) groups is 2. The van der Waals surface area contributed by atoms with Crippen molar-refractivity contribution in [2.75, 3.05) is 46.0 Å². The summed E-state index contributed by atoms with van der Waals surface area (Å²) in [7, 11) is 0. The maximum atomic E-state index is 13.3. The molecule has 0 aliphatic carbocycles. The Kier molecular flexibility index (Phi) is 9.40. The molecule has 2 fully saturated rings. The fourth-order valence-electron chi connectivity index (χ4n) is 4.89. The van der Waals surface area contributed by atoms with Gasteiger partial charge in [-0.25, -0.2) is 0 Å². The minimum Gasteiger partial charge on any atom is -0.507 e. The van der Waals surface area contributed by atoms with Gasteiger partial charge in [-0.3, -0.25) is 14.5 Å². The molecule has 0 saturated carbocycles. The number of hydrogen-bond donors (Lipinski definition) is 1. The number of morpholine rings is 1. The predicted molar refractivity (Wildman–Crippen MR) is 147 cm³/mol. The molecule has 2 heterocycles. The van der Waals surface area contributed by atoms with E-state index in [-0.39, 0.29) is 11.3 Å². The summed E-state index contributed by atoms with van der Waals surface area (Å²) in [5.74, 6) is -0.673. The number of Topliss-reactive ketones (excluding diaryl/α,β-unsaturated/α-hetero) is 1. The van der Waals surface area contributed by atoms with Crippen molar-refractivity contribution in [1.82, 2.24) is 9.80 Å². The van der Waals surface area contributed by atoms with E-state index in [2.05, 4.69) is 27.8 Å². The third-order valence-corrected chi connectivity index (χ3v) is 7.39. The Hall–Kier alpha value is -2.68. The largest absolute Gasteiger partial charge is 0.507 e. The first-order chi connectivity index (χ1) is 17.9. The highest BCUT2D eigenvalue weighted by Gasteiger charge is 2.46. The van der Waals surface area contributed by atoms with Crippen LogP contribution in [0.1, 0.15) is 48.9 Å². The van der Waals surface area contributed by atoms with Crippen LogP contribution >= 0.6 is 15.9 Å². The average molecular weight is 572 g/mol. The van der Waals surface area contributed by atoms with Crippen molar-refractivity contribution in [3.63, 3.8) is 0 Å². The van der Waals surface area contributed by atoms with Crippen LogP contribution < -0.4 is 4.74 Å². The quantitative estimate of drug-likeness (QED) is 0.186. The molecule has 8 heteroatoms. The topological polar surface area (TPSA) is 79.3 Å². The van der Waals surface area contributed by atoms with E-state index in [0.29, 0.717) is 31.9 Å². The monoisotopic (exact) mass is 570 g/mol. The van der Waals surface area contributed by atoms with E-state index in [1.165, 1.54) is 0 Å². The van der Waals surface area contributed by atoms with E-state index in [4.69, 9.17) is 9.47 Å². The van der Waals surface area contributed by atoms with Crippen LogP contribution in [0, 0.1) is 6.92 Å². The lowest BCUT2D eigenvalue weighted by molar-refractivity contribution is -0.140. The number of aliphatic hydroxyl groups excluding tert-OH is 1. The number of aliphatic hydroxyl groups is 1. The molecule has 2 aromatic carbocycles. The van der Waals surface area contributed by atoms with E-state index >= 15 is 0 Å². The van der Waals surface area contributed by atoms with E-state index in [0.717, 1.165) is 60.2 Å². The molecule has 1 amide bonds. The van der Waals surface area contributed by atoms with Gasteiger partial charge in [0.15, 0.2) is 0 Å². The maximum absolute atomic E-state index is 13.3. The van der Waals surface area contributed by atoms with Crippen LogP contribution in [0.4, 0.5) is 0 Å². The lowest BCUT2D eigenvalue weighted by Crippen LogP contribution is -2.38. The van der Waals surface area contributed by atoms with Gasteiger partial charge in [0.2, 0.25) is 0 Å². The summed E-state index contributed by atoms with van der Waals surface area (Å²) in [6.07, 6.45) is 2.73. The van der Waals surface area contributed by atoms with Crippen molar-refractivity contribution in [1.29, 1.82) is 0 Å². The second kappa shape index (κ2) is 12.7. The number of benzene rings is 2. The minimum absolute atomic E-state index is 0.122. The molecule has 0 aromatic heterocycles. The highest BCUT2D eigenvalue weighted by molar-refractivity contribution is 9.10. The van der Waals surface area contributed by atoms with Gasteiger partial charge in [0.25, 0.3) is 11.7 Å². The van der Waals surface area contributed by atoms with Crippen LogP contribution in [-0.4, -0.2) is 72.6 Å². The average Bonchev–Trinajstić information content (AvgIpc) is 3.14. The summed E-state index contributed by atoms with van der Waals surface area (Å²) in [4.78, 5) is 30.5. The molecular formula is C29H35BrN2O5. The second-order valence-electron chi connectivity index (χ2n) is 9.53. The lowest BCUT2D eigenvalue weighted by atomic mass is 9.94. The summed E-state index contributed by atoms with van der Waals surface area (Å²) in [5, 5.41) is 11.4. The molecule has 1 atom stereocenters. The normalized spacial score (nSPS) is 20.0. The lowest BCUT2D eigenvalue weighted by Gasteiger charge is -2.29. The van der Waals surface area contributed by atoms with Crippen molar-refractivity contribution in [3.8, 4) is 5.75 Å². The van der Waals surface area contributed by atoms with Crippen molar-refractivity contribution in [3.05, 3.63) is 69.2 Å². The Morgan fingerprint density at radius 3 is 2.59 bits per heavy atom. The molecule has 1 N–H and O–H groups in total. The van der Waals surface area contributed by atoms with E-state index in [1.54, 1.807) is 17.0 Å². The zero-order chi connectivity index (χ0) is 26.4. The molecule has 0 bridgehead atoms. The van der Waals surface area contributed by atoms with Gasteiger partial charge in [-0.2, -0.15) is 0 Å². The van der Waals surface area contributed by atoms with Gasteiger partial charge in [0.05, 0.1) is 31.4 Å². The second-order valence-corrected chi connectivity index (χ2v) is 10.4. The van der Waals surface area contributed by atoms with Gasteiger partial charge in [-0.1, -0.05) is 41.4 Å². The van der Waals surface area contributed by atoms with Crippen molar-refractivity contribution >= 4 is 33.4 Å². The molecule has 0 spiro atoms. The Balaban J connectivity index is 1.65. The summed E-state index contributed by atoms with van der Waals surface area (Å²) < 4.78 is 12.1. The third kappa shape index (κ3) is 6.43. The number of rotatable bonds is 10. The summed E-state index contributed by atoms with van der Waals surface area (Å²) in [6.45, 7) is 8.99. The summed E-state index contributed by atoms with van der Waals surface area (Å²) >= 11 is 3.51. The van der Waals surface area contributed by atoms with Gasteiger partial charge in [-0.15, -0.1) is 0 Å². The van der Waals surface area contributed by atoms with Gasteiger partial charge in [0, 0.05) is 36.2 Å². The van der Waals surface area contributed by atoms with Crippen LogP contribution in [0.25, 0.3) is 5.76 Å². The number of nitrogens with zero attached hydrogens (tertiary/aromatic N) is 2. The van der Waals surface area contributed by atoms with Gasteiger partial charge < -0.3 is 19.5 Å². The first kappa shape index (κ1) is 27.4. The maximum Gasteiger partial charge on any atom is 0.295 e. The van der Waals surface area contributed by atoms with Crippen LogP contribution in [0.3, 0.4) is 0 Å². The number of aryl methyl sites for hydroxylation is 1. The Morgan fingerprint density at radius 1 is 1.11 bits per heavy atom. The van der Waals surface area contributed by atoms with Crippen molar-refractivity contribution < 1.29 is 24.2 Å². The molecule has 0 radical (unpaired) electrons. The van der Waals surface area contributed by atoms with Crippen LogP contribution in [0.15, 0.2) is 52.5 Å². The number of hydrogen-bond acceptors (Lipinski definition) is 6. The molecule has 0 unspecified atom stereocenters. The number of unbranched alkanes of at least 4 members (excludes halogenated alkanes) is 1. The van der Waals surface area contributed by atoms with Crippen LogP contribution in [0.5, 0.6) is 5.75 Å². The smallest absolute Gasteiger partial charge is 0.295 e. The van der Waals surface area contributed by atoms with Crippen LogP contribution in [0.2, 0.25) is 0 Å². The molecule has 2 aromatic rings. The van der Waals surface area contributed by atoms with Crippen LogP contribution in [-0.2, 0) is 14.3 Å². The fraction of sp³-hybridized carbons (Fsp3) is 0.448. The predicted octanol–water partition coefficient (Wildman–Crippen LogP) is 5.08. The zero-order valence-corrected chi connectivity index (χ0v) is 23.1. The van der Waals surface area contributed by atoms with Crippen molar-refractivity contribution in [2.45, 2.75) is 39.2 Å². The van der Waals surface area contributed by atoms with E-state index in [9.17, 15) is 14.7 Å². The SMILES string of the molecule is CCCCOc1ccc(/C(O)=C2\C(=O)C(=O)N(CCCN3CCOCC3)[C@H]2c2cccc(Br)c2)c(C)c1. The summed E-state index contributed by atoms with van der Waals surface area (Å²) in [5.41, 5.74) is 2.20. The standard InChI is InChI=1S/C29H35BrN2O5/c1-3-4-15-37-23-9-10-24(20(2)18-23)27(33)25-26(21-7-5-8-22(30)19-21)32(29(35)28(25)34)12-6-11-31-13-16-36-17-14-31/h5,7-10,18-19,26,33H,3-4,6,11-17H2,1-2H3/b27-25+/t26-/m0/s1. The van der Waals surface area contributed by atoms with E-state index in [1.807, 2.05) is 37.3 Å². The highest BCUT2D eigenvalue weighted by Crippen LogP contribution is 2.40. The molecule has 7 nitrogen and oxygen atoms in total. The first-order valence-electron chi connectivity index (χ1n) is 13.0. The van der Waals surface area contributed by atoms with Gasteiger partial charge >= 0.3 is 0 Å². The molecule has 2 aliphatic rings. The van der Waals surface area contributed by atoms with Gasteiger partial charge in [0.1, 0.15) is 11.5 Å². The molecule has 37 heavy (non-hydrogen) atoms. The molecule has 2 saturated heterocycles. The number of likely N-dealkylation sites (tertiary alicyclic amines) is 1. The number of carbonyl (C=O) groups excluding carboxylic acids is 2. The Labute approximate surface area is 227 Å². The van der Waals surface area contributed by atoms with Gasteiger partial charge in [-0.05, 0) is 61.2 Å². The van der Waals surface area contributed by atoms with Crippen molar-refractivity contribution in [2.24, 2.45) is 0 Å². The highest BCUT2D eigenvalue weighted by atomic mass is 79.9. The fourth-order valence-corrected chi connectivity index (χ4v) is 5.31. The number of halogens is 1. The first-order valence-corrected chi connectivity index (χ1v) is 13.8. The minimum atomic E-state index is -0.665. The Morgan fingerprint density at radius 2 is 1.89 bits per heavy atom. The number of ketones is 1.